The van der Waals surface area contributed by atoms with E-state index in [-0.39, 0.29) is 12.0 Å². The molecule has 0 bridgehead atoms. The lowest BCUT2D eigenvalue weighted by atomic mass is 10.1. The van der Waals surface area contributed by atoms with Gasteiger partial charge in [0.1, 0.15) is 6.10 Å². The van der Waals surface area contributed by atoms with Gasteiger partial charge in [0.2, 0.25) is 11.8 Å². The quantitative estimate of drug-likeness (QED) is 0.485. The van der Waals surface area contributed by atoms with Gasteiger partial charge in [0, 0.05) is 41.8 Å². The van der Waals surface area contributed by atoms with E-state index < -0.39 is 0 Å². The molecule has 4 nitrogen and oxygen atoms in total. The number of nitrogens with zero attached hydrogens (tertiary/aromatic N) is 2. The molecule has 1 aromatic carbocycles. The number of carbonyl (C=O) groups is 1. The second-order valence-corrected chi connectivity index (χ2v) is 10.1. The molecule has 144 valence electrons. The van der Waals surface area contributed by atoms with E-state index in [0.717, 1.165) is 35.5 Å². The maximum Gasteiger partial charge on any atom is 0.222 e. The van der Waals surface area contributed by atoms with Gasteiger partial charge in [0.05, 0.1) is 12.1 Å². The van der Waals surface area contributed by atoms with Gasteiger partial charge in [-0.2, -0.15) is 0 Å². The third-order valence-corrected chi connectivity index (χ3v) is 8.26. The Labute approximate surface area is 168 Å². The first kappa shape index (κ1) is 18.9. The van der Waals surface area contributed by atoms with E-state index in [0.29, 0.717) is 18.8 Å². The van der Waals surface area contributed by atoms with Gasteiger partial charge in [-0.3, -0.25) is 4.79 Å². The molecule has 1 aromatic heterocycles. The zero-order chi connectivity index (χ0) is 18.5. The van der Waals surface area contributed by atoms with Crippen molar-refractivity contribution in [1.82, 2.24) is 9.88 Å². The first-order valence-electron chi connectivity index (χ1n) is 9.86. The molecule has 0 aliphatic carbocycles. The van der Waals surface area contributed by atoms with E-state index in [1.165, 1.54) is 25.0 Å². The Morgan fingerprint density at radius 2 is 2.11 bits per heavy atom. The number of hydrogen-bond acceptors (Lipinski definition) is 5. The molecule has 2 saturated heterocycles. The monoisotopic (exact) mass is 402 g/mol. The zero-order valence-electron chi connectivity index (χ0n) is 15.5. The summed E-state index contributed by atoms with van der Waals surface area (Å²) in [7, 11) is 4.02. The molecular weight excluding hydrogens is 376 g/mol. The highest BCUT2D eigenvalue weighted by molar-refractivity contribution is 8.77. The Balaban J connectivity index is 1.21. The molecule has 6 heteroatoms. The van der Waals surface area contributed by atoms with Crippen LogP contribution in [-0.4, -0.2) is 46.0 Å². The van der Waals surface area contributed by atoms with Crippen LogP contribution < -0.4 is 4.74 Å². The van der Waals surface area contributed by atoms with Crippen LogP contribution in [-0.2, 0) is 4.79 Å². The Morgan fingerprint density at radius 1 is 1.19 bits per heavy atom. The Bertz CT molecular complexity index is 780. The Kier molecular flexibility index (Phi) is 6.45. The van der Waals surface area contributed by atoms with Crippen LogP contribution in [0.5, 0.6) is 5.88 Å². The summed E-state index contributed by atoms with van der Waals surface area (Å²) >= 11 is 0. The average molecular weight is 403 g/mol. The fourth-order valence-corrected chi connectivity index (χ4v) is 6.73. The second kappa shape index (κ2) is 9.20. The maximum absolute atomic E-state index is 12.5. The van der Waals surface area contributed by atoms with Gasteiger partial charge in [0.15, 0.2) is 0 Å². The molecule has 2 aromatic rings. The Hall–Kier alpha value is -1.40. The summed E-state index contributed by atoms with van der Waals surface area (Å²) in [5.74, 6) is 2.22. The van der Waals surface area contributed by atoms with Crippen molar-refractivity contribution in [2.45, 2.75) is 49.9 Å². The minimum Gasteiger partial charge on any atom is -0.472 e. The van der Waals surface area contributed by atoms with Crippen molar-refractivity contribution >= 4 is 38.4 Å². The molecule has 2 aliphatic heterocycles. The van der Waals surface area contributed by atoms with Crippen molar-refractivity contribution in [1.29, 1.82) is 0 Å². The molecule has 0 N–H and O–H groups in total. The second-order valence-electron chi connectivity index (χ2n) is 7.29. The van der Waals surface area contributed by atoms with Gasteiger partial charge in [-0.1, -0.05) is 46.2 Å². The summed E-state index contributed by atoms with van der Waals surface area (Å²) in [5, 5.41) is 1.92. The van der Waals surface area contributed by atoms with Gasteiger partial charge in [0.25, 0.3) is 0 Å². The number of ether oxygens (including phenoxy) is 1. The van der Waals surface area contributed by atoms with E-state index >= 15 is 0 Å². The molecule has 27 heavy (non-hydrogen) atoms. The van der Waals surface area contributed by atoms with Crippen LogP contribution in [0.25, 0.3) is 10.9 Å². The van der Waals surface area contributed by atoms with Gasteiger partial charge in [-0.05, 0) is 31.4 Å². The van der Waals surface area contributed by atoms with Crippen LogP contribution in [0.15, 0.2) is 36.4 Å². The SMILES string of the molecule is O=C(CCCCC1CCSS1)N1CCC(Oc2ccc3ccccc3n2)C1. The summed E-state index contributed by atoms with van der Waals surface area (Å²) in [6.45, 7) is 1.48. The minimum atomic E-state index is 0.0505. The number of amides is 1. The highest BCUT2D eigenvalue weighted by Gasteiger charge is 2.27. The standard InChI is InChI=1S/C21H26N2O2S2/c24-21(8-4-2-6-18-12-14-26-27-18)23-13-11-17(15-23)25-20-10-9-16-5-1-3-7-19(16)22-20/h1,3,5,7,9-10,17-18H,2,4,6,8,11-15H2. The summed E-state index contributed by atoms with van der Waals surface area (Å²) in [4.78, 5) is 19.0. The first-order valence-corrected chi connectivity index (χ1v) is 12.2. The van der Waals surface area contributed by atoms with Crippen molar-refractivity contribution in [2.24, 2.45) is 0 Å². The average Bonchev–Trinajstić information content (AvgIpc) is 3.37. The van der Waals surface area contributed by atoms with Crippen LogP contribution in [0.3, 0.4) is 0 Å². The maximum atomic E-state index is 12.5. The lowest BCUT2D eigenvalue weighted by Crippen LogP contribution is -2.30. The molecule has 0 radical (unpaired) electrons. The van der Waals surface area contributed by atoms with Crippen molar-refractivity contribution in [2.75, 3.05) is 18.8 Å². The van der Waals surface area contributed by atoms with E-state index in [4.69, 9.17) is 4.74 Å². The molecule has 0 saturated carbocycles. The Morgan fingerprint density at radius 3 is 3.00 bits per heavy atom. The summed E-state index contributed by atoms with van der Waals surface area (Å²) in [5.41, 5.74) is 0.944. The zero-order valence-corrected chi connectivity index (χ0v) is 17.1. The van der Waals surface area contributed by atoms with Gasteiger partial charge in [-0.25, -0.2) is 4.98 Å². The summed E-state index contributed by atoms with van der Waals surface area (Å²) in [6.07, 6.45) is 6.37. The summed E-state index contributed by atoms with van der Waals surface area (Å²) < 4.78 is 6.05. The predicted molar refractivity (Wildman–Crippen MR) is 114 cm³/mol. The normalized spacial score (nSPS) is 22.4. The smallest absolute Gasteiger partial charge is 0.222 e. The molecule has 0 spiro atoms. The molecule has 2 aliphatic rings. The number of hydrogen-bond donors (Lipinski definition) is 0. The number of aromatic nitrogens is 1. The number of rotatable bonds is 7. The molecule has 2 unspecified atom stereocenters. The van der Waals surface area contributed by atoms with E-state index in [2.05, 4.69) is 4.98 Å². The van der Waals surface area contributed by atoms with Crippen molar-refractivity contribution in [3.05, 3.63) is 36.4 Å². The number of pyridine rings is 1. The minimum absolute atomic E-state index is 0.0505. The third-order valence-electron chi connectivity index (χ3n) is 5.25. The van der Waals surface area contributed by atoms with Crippen LogP contribution in [0.2, 0.25) is 0 Å². The molecule has 2 atom stereocenters. The molecule has 1 amide bonds. The van der Waals surface area contributed by atoms with E-state index in [9.17, 15) is 4.79 Å². The topological polar surface area (TPSA) is 42.4 Å². The molecule has 4 rings (SSSR count). The molecule has 2 fully saturated rings. The van der Waals surface area contributed by atoms with Crippen LogP contribution >= 0.6 is 21.6 Å². The largest absolute Gasteiger partial charge is 0.472 e. The fraction of sp³-hybridized carbons (Fsp3) is 0.524. The number of unbranched alkanes of at least 4 members (excludes halogenated alkanes) is 1. The van der Waals surface area contributed by atoms with Gasteiger partial charge >= 0.3 is 0 Å². The number of benzene rings is 1. The summed E-state index contributed by atoms with van der Waals surface area (Å²) in [6, 6.07) is 12.0. The fourth-order valence-electron chi connectivity index (χ4n) is 3.71. The van der Waals surface area contributed by atoms with E-state index in [1.54, 1.807) is 0 Å². The van der Waals surface area contributed by atoms with Crippen molar-refractivity contribution < 1.29 is 9.53 Å². The van der Waals surface area contributed by atoms with Crippen LogP contribution in [0.1, 0.15) is 38.5 Å². The van der Waals surface area contributed by atoms with E-state index in [1.807, 2.05) is 62.9 Å². The highest BCUT2D eigenvalue weighted by Crippen LogP contribution is 2.39. The van der Waals surface area contributed by atoms with Crippen LogP contribution in [0.4, 0.5) is 0 Å². The number of fused-ring (bicyclic) bond motifs is 1. The number of likely N-dealkylation sites (tertiary alicyclic amines) is 1. The number of para-hydroxylation sites is 1. The lowest BCUT2D eigenvalue weighted by molar-refractivity contribution is -0.130. The lowest BCUT2D eigenvalue weighted by Gasteiger charge is -2.17. The number of carbonyl (C=O) groups excluding carboxylic acids is 1. The van der Waals surface area contributed by atoms with Crippen molar-refractivity contribution in [3.8, 4) is 5.88 Å². The first-order chi connectivity index (χ1) is 13.3. The third kappa shape index (κ3) is 5.11. The van der Waals surface area contributed by atoms with Gasteiger partial charge < -0.3 is 9.64 Å². The highest BCUT2D eigenvalue weighted by atomic mass is 33.1. The molecular formula is C21H26N2O2S2. The van der Waals surface area contributed by atoms with Crippen LogP contribution in [0, 0.1) is 0 Å². The predicted octanol–water partition coefficient (Wildman–Crippen LogP) is 4.93. The van der Waals surface area contributed by atoms with Crippen molar-refractivity contribution in [3.63, 3.8) is 0 Å². The molecule has 3 heterocycles. The van der Waals surface area contributed by atoms with Gasteiger partial charge in [-0.15, -0.1) is 0 Å².